The molecule has 0 unspecified atom stereocenters. The van der Waals surface area contributed by atoms with Crippen LogP contribution < -0.4 is 20.8 Å². The number of rotatable bonds is 8. The molecule has 0 spiro atoms. The van der Waals surface area contributed by atoms with Crippen LogP contribution in [0.3, 0.4) is 0 Å². The van der Waals surface area contributed by atoms with Gasteiger partial charge in [0.25, 0.3) is 5.91 Å². The van der Waals surface area contributed by atoms with Crippen LogP contribution in [0.2, 0.25) is 0 Å². The summed E-state index contributed by atoms with van der Waals surface area (Å²) in [5, 5.41) is 24.5. The summed E-state index contributed by atoms with van der Waals surface area (Å²) in [4.78, 5) is 48.9. The molecule has 0 fully saturated rings. The number of imidazole rings is 1. The molecule has 3 aromatic heterocycles. The number of alkyl halides is 3. The van der Waals surface area contributed by atoms with Gasteiger partial charge < -0.3 is 35.0 Å². The van der Waals surface area contributed by atoms with Crippen molar-refractivity contribution in [3.8, 4) is 16.9 Å². The lowest BCUT2D eigenvalue weighted by molar-refractivity contribution is -0.301. The minimum absolute atomic E-state index is 0.00114. The Labute approximate surface area is 265 Å². The van der Waals surface area contributed by atoms with Crippen molar-refractivity contribution in [2.45, 2.75) is 20.0 Å². The second kappa shape index (κ2) is 14.6. The minimum Gasteiger partial charge on any atom is -0.545 e. The quantitative estimate of drug-likeness (QED) is 0.238. The fourth-order valence-electron chi connectivity index (χ4n) is 4.01. The lowest BCUT2D eigenvalue weighted by atomic mass is 10.1. The number of amides is 1. The first-order chi connectivity index (χ1) is 22.3. The molecule has 0 radical (unpaired) electrons. The van der Waals surface area contributed by atoms with Crippen LogP contribution in [0, 0.1) is 13.8 Å². The van der Waals surface area contributed by atoms with Crippen LogP contribution in [0.5, 0.6) is 0 Å². The van der Waals surface area contributed by atoms with E-state index < -0.39 is 29.6 Å². The van der Waals surface area contributed by atoms with Gasteiger partial charge in [0.2, 0.25) is 5.95 Å². The molecule has 0 atom stereocenters. The van der Waals surface area contributed by atoms with E-state index in [-0.39, 0.29) is 16.9 Å². The summed E-state index contributed by atoms with van der Waals surface area (Å²) in [6.45, 7) is 3.58. The summed E-state index contributed by atoms with van der Waals surface area (Å²) >= 11 is 0. The van der Waals surface area contributed by atoms with Crippen molar-refractivity contribution in [2.24, 2.45) is 0 Å². The van der Waals surface area contributed by atoms with Crippen molar-refractivity contribution in [1.29, 1.82) is 0 Å². The molecule has 0 saturated carbocycles. The molecule has 0 bridgehead atoms. The highest BCUT2D eigenvalue weighted by Gasteiger charge is 2.31. The lowest BCUT2D eigenvalue weighted by Gasteiger charge is -2.14. The average Bonchev–Trinajstić information content (AvgIpc) is 3.47. The summed E-state index contributed by atoms with van der Waals surface area (Å²) < 4.78 is 42.3. The Hall–Kier alpha value is -6.38. The molecule has 2 aromatic carbocycles. The van der Waals surface area contributed by atoms with E-state index in [0.717, 1.165) is 23.3 Å². The maximum Gasteiger partial charge on any atom is 0.416 e. The molecular weight excluding hydrogens is 619 g/mol. The third-order valence-corrected chi connectivity index (χ3v) is 6.23. The van der Waals surface area contributed by atoms with Crippen molar-refractivity contribution < 1.29 is 37.8 Å². The summed E-state index contributed by atoms with van der Waals surface area (Å²) in [5.74, 6) is -3.35. The predicted octanol–water partition coefficient (Wildman–Crippen LogP) is 3.40. The zero-order chi connectivity index (χ0) is 34.1. The Bertz CT molecular complexity index is 1930. The topological polar surface area (TPSA) is 178 Å². The third kappa shape index (κ3) is 9.55. The number of benzene rings is 2. The summed E-state index contributed by atoms with van der Waals surface area (Å²) in [5.41, 5.74) is 3.09. The zero-order valence-corrected chi connectivity index (χ0v) is 24.6. The number of carbonyl (C=O) groups is 3. The molecule has 5 aromatic rings. The maximum absolute atomic E-state index is 13.6. The van der Waals surface area contributed by atoms with Gasteiger partial charge in [0.1, 0.15) is 0 Å². The van der Waals surface area contributed by atoms with E-state index in [1.165, 1.54) is 17.0 Å². The normalized spacial score (nSPS) is 11.0. The molecule has 47 heavy (non-hydrogen) atoms. The fourth-order valence-corrected chi connectivity index (χ4v) is 4.01. The van der Waals surface area contributed by atoms with Gasteiger partial charge in [0.15, 0.2) is 0 Å². The molecule has 3 heterocycles. The number of aliphatic carboxylic acids is 2. The van der Waals surface area contributed by atoms with Crippen LogP contribution in [0.15, 0.2) is 97.9 Å². The van der Waals surface area contributed by atoms with Gasteiger partial charge in [0, 0.05) is 53.0 Å². The smallest absolute Gasteiger partial charge is 0.416 e. The van der Waals surface area contributed by atoms with Gasteiger partial charge in [0.05, 0.1) is 35.2 Å². The van der Waals surface area contributed by atoms with Crippen LogP contribution >= 0.6 is 0 Å². The van der Waals surface area contributed by atoms with Crippen LogP contribution in [0.25, 0.3) is 16.9 Å². The number of pyridine rings is 1. The van der Waals surface area contributed by atoms with Crippen LogP contribution in [-0.2, 0) is 15.8 Å². The van der Waals surface area contributed by atoms with Crippen molar-refractivity contribution in [3.63, 3.8) is 0 Å². The van der Waals surface area contributed by atoms with E-state index in [1.54, 1.807) is 62.0 Å². The number of aromatic nitrogens is 5. The fraction of sp³-hybridized carbons (Fsp3) is 0.0938. The molecule has 240 valence electrons. The Kier molecular flexibility index (Phi) is 10.4. The lowest BCUT2D eigenvalue weighted by Crippen LogP contribution is -2.23. The van der Waals surface area contributed by atoms with Crippen molar-refractivity contribution in [1.82, 2.24) is 24.5 Å². The van der Waals surface area contributed by atoms with Crippen molar-refractivity contribution in [3.05, 3.63) is 120 Å². The number of nitrogens with one attached hydrogen (secondary N) is 2. The van der Waals surface area contributed by atoms with E-state index in [1.807, 2.05) is 13.0 Å². The van der Waals surface area contributed by atoms with Crippen molar-refractivity contribution >= 4 is 35.2 Å². The number of carboxylic acid groups (broad SMARTS) is 2. The van der Waals surface area contributed by atoms with E-state index in [9.17, 15) is 37.8 Å². The van der Waals surface area contributed by atoms with Gasteiger partial charge in [-0.3, -0.25) is 9.78 Å². The zero-order valence-electron chi connectivity index (χ0n) is 24.6. The first kappa shape index (κ1) is 33.5. The van der Waals surface area contributed by atoms with Crippen molar-refractivity contribution in [2.75, 3.05) is 10.6 Å². The third-order valence-electron chi connectivity index (χ3n) is 6.23. The second-order valence-corrected chi connectivity index (χ2v) is 9.78. The Balaban J connectivity index is 0.000000555. The molecular formula is C32H24F3N7O5-2. The highest BCUT2D eigenvalue weighted by atomic mass is 19.4. The Morgan fingerprint density at radius 2 is 1.66 bits per heavy atom. The van der Waals surface area contributed by atoms with E-state index in [0.29, 0.717) is 35.2 Å². The predicted molar refractivity (Wildman–Crippen MR) is 160 cm³/mol. The first-order valence-electron chi connectivity index (χ1n) is 13.5. The number of hydrogen-bond acceptors (Lipinski definition) is 10. The average molecular weight is 644 g/mol. The number of halogens is 3. The summed E-state index contributed by atoms with van der Waals surface area (Å²) in [7, 11) is 0. The van der Waals surface area contributed by atoms with Crippen LogP contribution in [-0.4, -0.2) is 42.3 Å². The summed E-state index contributed by atoms with van der Waals surface area (Å²) in [6, 6.07) is 13.7. The molecule has 0 saturated heterocycles. The Morgan fingerprint density at radius 3 is 2.28 bits per heavy atom. The highest BCUT2D eigenvalue weighted by molar-refractivity contribution is 6.05. The first-order valence-corrected chi connectivity index (χ1v) is 13.5. The van der Waals surface area contributed by atoms with Gasteiger partial charge in [-0.25, -0.2) is 15.0 Å². The van der Waals surface area contributed by atoms with Crippen LogP contribution in [0.1, 0.15) is 27.2 Å². The maximum atomic E-state index is 13.6. The monoisotopic (exact) mass is 643 g/mol. The molecule has 2 N–H and O–H groups in total. The number of carbonyl (C=O) groups excluding carboxylic acids is 3. The number of hydrogen-bond donors (Lipinski definition) is 2. The van der Waals surface area contributed by atoms with Gasteiger partial charge in [-0.2, -0.15) is 13.2 Å². The molecule has 5 rings (SSSR count). The van der Waals surface area contributed by atoms with E-state index in [2.05, 4.69) is 30.6 Å². The largest absolute Gasteiger partial charge is 0.545 e. The number of anilines is 3. The Morgan fingerprint density at radius 1 is 0.915 bits per heavy atom. The number of carboxylic acids is 2. The summed E-state index contributed by atoms with van der Waals surface area (Å²) in [6.07, 6.45) is 4.15. The molecule has 12 nitrogen and oxygen atoms in total. The molecule has 1 amide bonds. The second-order valence-electron chi connectivity index (χ2n) is 9.78. The molecule has 0 aliphatic heterocycles. The van der Waals surface area contributed by atoms with E-state index >= 15 is 0 Å². The number of nitrogens with zero attached hydrogens (tertiary/aromatic N) is 5. The van der Waals surface area contributed by atoms with Gasteiger partial charge in [-0.05, 0) is 80.1 Å². The minimum atomic E-state index is -4.60. The molecule has 15 heteroatoms. The SMILES string of the molecule is Cc1cn(-c2cc(NC(=O)c3ccc(C)c(Nc4nccc(-c5cccnc5)n4)c3)cc(C(F)(F)F)c2)cn1.O=C([O-])/C=C\C(=O)[O-]. The van der Waals surface area contributed by atoms with E-state index in [4.69, 9.17) is 0 Å². The highest BCUT2D eigenvalue weighted by Crippen LogP contribution is 2.33. The van der Waals surface area contributed by atoms with Gasteiger partial charge >= 0.3 is 6.18 Å². The van der Waals surface area contributed by atoms with Crippen LogP contribution in [0.4, 0.5) is 30.5 Å². The van der Waals surface area contributed by atoms with Gasteiger partial charge in [-0.15, -0.1) is 0 Å². The standard InChI is InChI=1S/C28H22F3N7O.C4H4O4/c1-17-5-6-19(10-25(17)37-27-33-9-7-24(36-27)20-4-3-8-32-14-20)26(39)35-22-11-21(28(29,30)31)12-23(13-22)38-15-18(2)34-16-38;5-3(6)1-2-4(7)8/h3-16H,1-2H3,(H,35,39)(H,33,36,37);1-2H,(H,5,6)(H,7,8)/p-2/b;2-1-. The molecule has 0 aliphatic carbocycles. The molecule has 0 aliphatic rings. The van der Waals surface area contributed by atoms with Gasteiger partial charge in [-0.1, -0.05) is 6.07 Å². The number of aryl methyl sites for hydroxylation is 2.